The maximum absolute atomic E-state index is 12.6. The Kier molecular flexibility index (Phi) is 30.7. The summed E-state index contributed by atoms with van der Waals surface area (Å²) in [4.78, 5) is 0. The molecule has 3 saturated heterocycles. The number of ether oxygens (including phenoxy) is 4. The maximum Gasteiger partial charge on any atom is 0.154 e. The summed E-state index contributed by atoms with van der Waals surface area (Å²) in [5, 5.41) is 0. The van der Waals surface area contributed by atoms with Crippen molar-refractivity contribution in [3.63, 3.8) is 0 Å². The standard InChI is InChI=1S/2C8H9F.C8H16.C8H10.2C7H14O.C6H12O2.CH4/c2*1-6-3-4-7(2)8(9)5-6;2*1-7-3-5-8(2)6-4-7;2*1-6-3-4-7(2)8-5-6;1-5-3-7-6(2)8-4-5;/h2*3-5H,1-2H3;7-8H,3-6H2,1-2H3;3-6H,1-2H3;2*6-7H,3-5H2,1-2H3;5-6H,3-4H2,1-2H3;1H4. The molecule has 338 valence electrons. The first-order valence-corrected chi connectivity index (χ1v) is 22.3. The van der Waals surface area contributed by atoms with Crippen molar-refractivity contribution in [3.8, 4) is 0 Å². The lowest BCUT2D eigenvalue weighted by Gasteiger charge is -2.24. The summed E-state index contributed by atoms with van der Waals surface area (Å²) in [5.74, 6) is 3.98. The summed E-state index contributed by atoms with van der Waals surface area (Å²) in [6.07, 6.45) is 12.2. The van der Waals surface area contributed by atoms with Gasteiger partial charge in [-0.2, -0.15) is 0 Å². The molecule has 4 unspecified atom stereocenters. The molecule has 59 heavy (non-hydrogen) atoms. The molecule has 3 heterocycles. The molecule has 0 spiro atoms. The summed E-state index contributed by atoms with van der Waals surface area (Å²) in [6, 6.07) is 18.9. The summed E-state index contributed by atoms with van der Waals surface area (Å²) < 4.78 is 46.3. The highest BCUT2D eigenvalue weighted by Gasteiger charge is 2.15. The highest BCUT2D eigenvalue weighted by atomic mass is 19.1. The van der Waals surface area contributed by atoms with Crippen LogP contribution in [0, 0.1) is 82.8 Å². The molecule has 1 aliphatic carbocycles. The topological polar surface area (TPSA) is 36.9 Å². The van der Waals surface area contributed by atoms with Crippen LogP contribution >= 0.6 is 0 Å². The zero-order chi connectivity index (χ0) is 43.6. The van der Waals surface area contributed by atoms with Gasteiger partial charge in [-0.3, -0.25) is 0 Å². The normalized spacial score (nSPS) is 25.8. The van der Waals surface area contributed by atoms with Gasteiger partial charge >= 0.3 is 0 Å². The molecule has 4 nitrogen and oxygen atoms in total. The van der Waals surface area contributed by atoms with Crippen molar-refractivity contribution in [3.05, 3.63) is 106 Å². The van der Waals surface area contributed by atoms with Gasteiger partial charge in [0.2, 0.25) is 0 Å². The van der Waals surface area contributed by atoms with Crippen LogP contribution in [0.15, 0.2) is 60.7 Å². The molecule has 4 atom stereocenters. The zero-order valence-corrected chi connectivity index (χ0v) is 39.3. The number of aryl methyl sites for hydroxylation is 6. The lowest BCUT2D eigenvalue weighted by molar-refractivity contribution is -0.187. The quantitative estimate of drug-likeness (QED) is 0.226. The molecular formula is C53H88F2O4. The number of benzene rings is 3. The van der Waals surface area contributed by atoms with Crippen LogP contribution < -0.4 is 0 Å². The second kappa shape index (κ2) is 32.1. The molecule has 0 amide bonds. The predicted octanol–water partition coefficient (Wildman–Crippen LogP) is 15.3. The SMILES string of the molecule is C.CC1CCC(C)CC1.CC1CCC(C)OC1.CC1CCC(C)OC1.CC1COC(C)OC1.Cc1ccc(C)c(F)c1.Cc1ccc(C)c(F)c1.Cc1ccc(C)cc1. The first kappa shape index (κ1) is 56.4. The van der Waals surface area contributed by atoms with Gasteiger partial charge in [0, 0.05) is 19.1 Å². The fourth-order valence-corrected chi connectivity index (χ4v) is 6.18. The number of hydrogen-bond donors (Lipinski definition) is 0. The fourth-order valence-electron chi connectivity index (χ4n) is 6.18. The van der Waals surface area contributed by atoms with Crippen LogP contribution in [0.1, 0.15) is 148 Å². The third-order valence-corrected chi connectivity index (χ3v) is 10.9. The summed E-state index contributed by atoms with van der Waals surface area (Å²) >= 11 is 0. The number of hydrogen-bond acceptors (Lipinski definition) is 4. The molecule has 0 aromatic heterocycles. The van der Waals surface area contributed by atoms with E-state index in [-0.39, 0.29) is 25.4 Å². The van der Waals surface area contributed by atoms with Gasteiger partial charge in [0.05, 0.1) is 25.4 Å². The van der Waals surface area contributed by atoms with Crippen molar-refractivity contribution in [2.45, 2.75) is 174 Å². The highest BCUT2D eigenvalue weighted by molar-refractivity contribution is 5.22. The van der Waals surface area contributed by atoms with Crippen molar-refractivity contribution in [2.24, 2.45) is 29.6 Å². The van der Waals surface area contributed by atoms with Crippen LogP contribution in [0.25, 0.3) is 0 Å². The van der Waals surface area contributed by atoms with Crippen molar-refractivity contribution < 1.29 is 27.7 Å². The molecule has 7 rings (SSSR count). The van der Waals surface area contributed by atoms with E-state index >= 15 is 0 Å². The molecule has 0 bridgehead atoms. The summed E-state index contributed by atoms with van der Waals surface area (Å²) in [5.41, 5.74) is 6.02. The minimum atomic E-state index is -0.116. The second-order valence-electron chi connectivity index (χ2n) is 18.0. The van der Waals surface area contributed by atoms with Gasteiger partial charge in [-0.05, 0) is 146 Å². The Hall–Kier alpha value is -2.64. The van der Waals surface area contributed by atoms with E-state index < -0.39 is 0 Å². The summed E-state index contributed by atoms with van der Waals surface area (Å²) in [7, 11) is 0. The monoisotopic (exact) mass is 827 g/mol. The van der Waals surface area contributed by atoms with E-state index in [1.165, 1.54) is 74.6 Å². The average Bonchev–Trinajstić information content (AvgIpc) is 3.19. The van der Waals surface area contributed by atoms with E-state index in [1.54, 1.807) is 26.0 Å². The largest absolute Gasteiger partial charge is 0.378 e. The van der Waals surface area contributed by atoms with Crippen LogP contribution in [-0.4, -0.2) is 44.9 Å². The fraction of sp³-hybridized carbons (Fsp3) is 0.660. The Morgan fingerprint density at radius 3 is 0.898 bits per heavy atom. The van der Waals surface area contributed by atoms with Gasteiger partial charge in [0.25, 0.3) is 0 Å². The Morgan fingerprint density at radius 2 is 0.661 bits per heavy atom. The minimum Gasteiger partial charge on any atom is -0.378 e. The van der Waals surface area contributed by atoms with E-state index in [9.17, 15) is 8.78 Å². The number of rotatable bonds is 0. The molecule has 3 aliphatic heterocycles. The first-order chi connectivity index (χ1) is 27.3. The Labute approximate surface area is 362 Å². The van der Waals surface area contributed by atoms with E-state index in [2.05, 4.69) is 86.6 Å². The van der Waals surface area contributed by atoms with E-state index in [4.69, 9.17) is 18.9 Å². The molecule has 3 aromatic carbocycles. The van der Waals surface area contributed by atoms with Crippen LogP contribution in [-0.2, 0) is 18.9 Å². The van der Waals surface area contributed by atoms with E-state index in [0.29, 0.717) is 29.3 Å². The summed E-state index contributed by atoms with van der Waals surface area (Å²) in [6.45, 7) is 32.7. The van der Waals surface area contributed by atoms with Gasteiger partial charge in [-0.25, -0.2) is 8.78 Å². The maximum atomic E-state index is 12.6. The Balaban J connectivity index is 0.000000664. The smallest absolute Gasteiger partial charge is 0.154 e. The molecule has 3 aromatic rings. The molecule has 1 saturated carbocycles. The van der Waals surface area contributed by atoms with Crippen LogP contribution in [0.4, 0.5) is 8.78 Å². The van der Waals surface area contributed by atoms with Crippen molar-refractivity contribution >= 4 is 0 Å². The lowest BCUT2D eigenvalue weighted by Crippen LogP contribution is -2.27. The first-order valence-electron chi connectivity index (χ1n) is 22.3. The third kappa shape index (κ3) is 29.3. The van der Waals surface area contributed by atoms with E-state index in [0.717, 1.165) is 61.2 Å². The van der Waals surface area contributed by atoms with Gasteiger partial charge in [-0.1, -0.05) is 127 Å². The molecular weight excluding hydrogens is 739 g/mol. The Bertz CT molecular complexity index is 1250. The molecule has 0 N–H and O–H groups in total. The van der Waals surface area contributed by atoms with Crippen molar-refractivity contribution in [2.75, 3.05) is 26.4 Å². The minimum absolute atomic E-state index is 0. The zero-order valence-electron chi connectivity index (χ0n) is 39.3. The average molecular weight is 827 g/mol. The molecule has 4 aliphatic rings. The van der Waals surface area contributed by atoms with E-state index in [1.807, 2.05) is 32.9 Å². The van der Waals surface area contributed by atoms with Crippen LogP contribution in [0.5, 0.6) is 0 Å². The molecule has 0 radical (unpaired) electrons. The lowest BCUT2D eigenvalue weighted by atomic mass is 9.84. The van der Waals surface area contributed by atoms with Crippen molar-refractivity contribution in [1.82, 2.24) is 0 Å². The molecule has 6 heteroatoms. The van der Waals surface area contributed by atoms with Gasteiger partial charge < -0.3 is 18.9 Å². The van der Waals surface area contributed by atoms with Crippen LogP contribution in [0.2, 0.25) is 0 Å². The second-order valence-corrected chi connectivity index (χ2v) is 18.0. The van der Waals surface area contributed by atoms with Gasteiger partial charge in [0.15, 0.2) is 6.29 Å². The van der Waals surface area contributed by atoms with Crippen molar-refractivity contribution in [1.29, 1.82) is 0 Å². The van der Waals surface area contributed by atoms with Gasteiger partial charge in [0.1, 0.15) is 11.6 Å². The van der Waals surface area contributed by atoms with Crippen LogP contribution in [0.3, 0.4) is 0 Å². The van der Waals surface area contributed by atoms with Gasteiger partial charge in [-0.15, -0.1) is 0 Å². The Morgan fingerprint density at radius 1 is 0.373 bits per heavy atom. The predicted molar refractivity (Wildman–Crippen MR) is 249 cm³/mol. The number of halogens is 2. The molecule has 4 fully saturated rings. The highest BCUT2D eigenvalue weighted by Crippen LogP contribution is 2.27. The third-order valence-electron chi connectivity index (χ3n) is 10.9.